The molecule has 0 bridgehead atoms. The van der Waals surface area contributed by atoms with Crippen LogP contribution >= 0.6 is 0 Å². The Morgan fingerprint density at radius 1 is 0.610 bits per heavy atom. The van der Waals surface area contributed by atoms with Crippen molar-refractivity contribution in [3.63, 3.8) is 0 Å². The van der Waals surface area contributed by atoms with E-state index in [-0.39, 0.29) is 20.8 Å². The highest BCUT2D eigenvalue weighted by molar-refractivity contribution is 7.91. The predicted octanol–water partition coefficient (Wildman–Crippen LogP) is 9.72. The Hall–Kier alpha value is -3.57. The summed E-state index contributed by atoms with van der Waals surface area (Å²) in [6, 6.07) is 30.1. The molecule has 4 nitrogen and oxygen atoms in total. The minimum Gasteiger partial charge on any atom is -0.488 e. The summed E-state index contributed by atoms with van der Waals surface area (Å²) < 4.78 is 38.5. The van der Waals surface area contributed by atoms with Crippen LogP contribution in [0, 0.1) is 0 Å². The van der Waals surface area contributed by atoms with Gasteiger partial charge in [0, 0.05) is 5.41 Å². The number of sulfone groups is 1. The first-order valence-electron chi connectivity index (χ1n) is 14.4. The molecule has 0 heterocycles. The van der Waals surface area contributed by atoms with Crippen molar-refractivity contribution >= 4 is 9.84 Å². The lowest BCUT2D eigenvalue weighted by Crippen LogP contribution is -2.30. The van der Waals surface area contributed by atoms with Crippen molar-refractivity contribution in [2.24, 2.45) is 0 Å². The molecule has 4 rings (SSSR count). The van der Waals surface area contributed by atoms with E-state index in [2.05, 4.69) is 84.9 Å². The molecule has 0 spiro atoms. The molecule has 0 N–H and O–H groups in total. The van der Waals surface area contributed by atoms with E-state index >= 15 is 0 Å². The van der Waals surface area contributed by atoms with E-state index in [9.17, 15) is 8.42 Å². The summed E-state index contributed by atoms with van der Waals surface area (Å²) in [7, 11) is -3.60. The molecule has 41 heavy (non-hydrogen) atoms. The van der Waals surface area contributed by atoms with E-state index in [1.54, 1.807) is 36.4 Å². The van der Waals surface area contributed by atoms with Crippen LogP contribution < -0.4 is 9.47 Å². The van der Waals surface area contributed by atoms with Crippen molar-refractivity contribution < 1.29 is 17.9 Å². The van der Waals surface area contributed by atoms with Crippen LogP contribution in [0.4, 0.5) is 0 Å². The van der Waals surface area contributed by atoms with Gasteiger partial charge in [-0.2, -0.15) is 0 Å². The molecule has 0 unspecified atom stereocenters. The number of ether oxygens (including phenoxy) is 2. The maximum Gasteiger partial charge on any atom is 0.206 e. The van der Waals surface area contributed by atoms with Gasteiger partial charge in [0.1, 0.15) is 22.8 Å². The van der Waals surface area contributed by atoms with Crippen LogP contribution in [0.25, 0.3) is 0 Å². The van der Waals surface area contributed by atoms with E-state index < -0.39 is 9.84 Å². The van der Waals surface area contributed by atoms with Crippen molar-refractivity contribution in [3.8, 4) is 17.2 Å². The largest absolute Gasteiger partial charge is 0.488 e. The van der Waals surface area contributed by atoms with Crippen LogP contribution in [0.2, 0.25) is 0 Å². The molecule has 0 aromatic heterocycles. The number of rotatable bonds is 11. The molecule has 0 fully saturated rings. The summed E-state index contributed by atoms with van der Waals surface area (Å²) in [5.74, 6) is 2.50. The molecule has 0 saturated carbocycles. The Labute approximate surface area is 246 Å². The van der Waals surface area contributed by atoms with Gasteiger partial charge in [-0.25, -0.2) is 8.42 Å². The van der Waals surface area contributed by atoms with Gasteiger partial charge in [0.05, 0.1) is 9.79 Å². The molecule has 0 atom stereocenters. The van der Waals surface area contributed by atoms with Crippen LogP contribution in [0.15, 0.2) is 107 Å². The minimum absolute atomic E-state index is 0.152. The third-order valence-electron chi connectivity index (χ3n) is 8.24. The highest BCUT2D eigenvalue weighted by atomic mass is 32.2. The third kappa shape index (κ3) is 6.84. The molecule has 0 saturated heterocycles. The Bertz CT molecular complexity index is 1530. The van der Waals surface area contributed by atoms with E-state index in [4.69, 9.17) is 9.47 Å². The second-order valence-corrected chi connectivity index (χ2v) is 13.7. The lowest BCUT2D eigenvalue weighted by Gasteiger charge is -2.30. The lowest BCUT2D eigenvalue weighted by atomic mass is 9.78. The zero-order valence-corrected chi connectivity index (χ0v) is 26.1. The van der Waals surface area contributed by atoms with Crippen LogP contribution in [-0.4, -0.2) is 14.0 Å². The van der Waals surface area contributed by atoms with Crippen molar-refractivity contribution in [2.45, 2.75) is 88.0 Å². The Morgan fingerprint density at radius 3 is 1.41 bits per heavy atom. The van der Waals surface area contributed by atoms with Gasteiger partial charge < -0.3 is 9.47 Å². The fraction of sp³-hybridized carbons (Fsp3) is 0.333. The van der Waals surface area contributed by atoms with Crippen LogP contribution in [-0.2, 0) is 15.3 Å². The maximum absolute atomic E-state index is 13.1. The predicted molar refractivity (Wildman–Crippen MR) is 167 cm³/mol. The van der Waals surface area contributed by atoms with Crippen molar-refractivity contribution in [2.75, 3.05) is 0 Å². The summed E-state index contributed by atoms with van der Waals surface area (Å²) in [5, 5.41) is 0. The first-order chi connectivity index (χ1) is 19.4. The first kappa shape index (κ1) is 30.4. The molecule has 0 aliphatic rings. The lowest BCUT2D eigenvalue weighted by molar-refractivity contribution is 0.0802. The Balaban J connectivity index is 1.44. The average molecular weight is 571 g/mol. The van der Waals surface area contributed by atoms with Crippen molar-refractivity contribution in [1.29, 1.82) is 0 Å². The molecular weight excluding hydrogens is 528 g/mol. The quantitative estimate of drug-likeness (QED) is 0.180. The maximum atomic E-state index is 13.1. The standard InChI is InChI=1S/C36H42O4S/c1-8-36(7,9-2)40-32-18-14-29(15-19-32)35(5,6)28-12-16-30(17-13-28)39-31-20-24-34(25-21-31)41(37,38)33-22-10-27(11-23-33)26(3)4/h10-26H,8-9H2,1-7H3. The molecule has 4 aromatic carbocycles. The average Bonchev–Trinajstić information content (AvgIpc) is 2.98. The van der Waals surface area contributed by atoms with Gasteiger partial charge in [-0.1, -0.05) is 77.9 Å². The first-order valence-corrected chi connectivity index (χ1v) is 15.9. The van der Waals surface area contributed by atoms with Gasteiger partial charge in [-0.3, -0.25) is 0 Å². The molecule has 0 amide bonds. The molecule has 216 valence electrons. The number of hydrogen-bond acceptors (Lipinski definition) is 4. The van der Waals surface area contributed by atoms with Crippen LogP contribution in [0.1, 0.15) is 83.9 Å². The number of benzene rings is 4. The summed E-state index contributed by atoms with van der Waals surface area (Å²) >= 11 is 0. The monoisotopic (exact) mass is 570 g/mol. The van der Waals surface area contributed by atoms with Gasteiger partial charge in [-0.15, -0.1) is 0 Å². The van der Waals surface area contributed by atoms with E-state index in [0.29, 0.717) is 17.4 Å². The van der Waals surface area contributed by atoms with Gasteiger partial charge in [0.25, 0.3) is 0 Å². The topological polar surface area (TPSA) is 52.6 Å². The summed E-state index contributed by atoms with van der Waals surface area (Å²) in [6.45, 7) is 15.0. The zero-order valence-electron chi connectivity index (χ0n) is 25.3. The summed E-state index contributed by atoms with van der Waals surface area (Å²) in [6.07, 6.45) is 1.92. The smallest absolute Gasteiger partial charge is 0.206 e. The van der Waals surface area contributed by atoms with Gasteiger partial charge >= 0.3 is 0 Å². The molecule has 0 aliphatic carbocycles. The second kappa shape index (κ2) is 12.1. The van der Waals surface area contributed by atoms with Gasteiger partial charge in [-0.05, 0) is 103 Å². The van der Waals surface area contributed by atoms with E-state index in [1.807, 2.05) is 24.3 Å². The highest BCUT2D eigenvalue weighted by Crippen LogP contribution is 2.35. The fourth-order valence-electron chi connectivity index (χ4n) is 4.72. The Kier molecular flexibility index (Phi) is 8.98. The Morgan fingerprint density at radius 2 is 1.00 bits per heavy atom. The third-order valence-corrected chi connectivity index (χ3v) is 10.0. The SMILES string of the molecule is CCC(C)(CC)Oc1ccc(C(C)(C)c2ccc(Oc3ccc(S(=O)(=O)c4ccc(C(C)C)cc4)cc3)cc2)cc1. The molecular formula is C36H42O4S. The number of hydrogen-bond donors (Lipinski definition) is 0. The summed E-state index contributed by atoms with van der Waals surface area (Å²) in [4.78, 5) is 0.529. The van der Waals surface area contributed by atoms with Crippen molar-refractivity contribution in [1.82, 2.24) is 0 Å². The molecule has 5 heteroatoms. The zero-order chi connectivity index (χ0) is 29.8. The molecule has 0 aliphatic heterocycles. The minimum atomic E-state index is -3.60. The van der Waals surface area contributed by atoms with Gasteiger partial charge in [0.15, 0.2) is 0 Å². The van der Waals surface area contributed by atoms with E-state index in [1.165, 1.54) is 5.56 Å². The summed E-state index contributed by atoms with van der Waals surface area (Å²) in [5.41, 5.74) is 3.11. The fourth-order valence-corrected chi connectivity index (χ4v) is 5.98. The normalized spacial score (nSPS) is 12.4. The molecule has 0 radical (unpaired) electrons. The molecule has 4 aromatic rings. The van der Waals surface area contributed by atoms with Gasteiger partial charge in [0.2, 0.25) is 9.84 Å². The highest BCUT2D eigenvalue weighted by Gasteiger charge is 2.25. The second-order valence-electron chi connectivity index (χ2n) is 11.7. The van der Waals surface area contributed by atoms with E-state index in [0.717, 1.165) is 29.7 Å². The van der Waals surface area contributed by atoms with Crippen molar-refractivity contribution in [3.05, 3.63) is 114 Å². The van der Waals surface area contributed by atoms with Crippen LogP contribution in [0.3, 0.4) is 0 Å². The van der Waals surface area contributed by atoms with Crippen LogP contribution in [0.5, 0.6) is 17.2 Å².